The van der Waals surface area contributed by atoms with E-state index in [4.69, 9.17) is 27.9 Å². The van der Waals surface area contributed by atoms with Gasteiger partial charge in [0.1, 0.15) is 21.9 Å². The van der Waals surface area contributed by atoms with Crippen molar-refractivity contribution in [2.45, 2.75) is 20.3 Å². The first-order valence-corrected chi connectivity index (χ1v) is 6.70. The third-order valence-corrected chi connectivity index (χ3v) is 3.08. The molecule has 100 valence electrons. The van der Waals surface area contributed by atoms with Crippen molar-refractivity contribution in [2.75, 3.05) is 6.61 Å². The first kappa shape index (κ1) is 14.1. The molecule has 1 aromatic heterocycles. The lowest BCUT2D eigenvalue weighted by Gasteiger charge is -2.11. The number of para-hydroxylation sites is 1. The molecule has 2 rings (SSSR count). The van der Waals surface area contributed by atoms with E-state index in [1.807, 2.05) is 32.0 Å². The summed E-state index contributed by atoms with van der Waals surface area (Å²) in [5, 5.41) is 0.698. The van der Waals surface area contributed by atoms with Crippen LogP contribution in [0.25, 0.3) is 0 Å². The van der Waals surface area contributed by atoms with Crippen molar-refractivity contribution in [3.8, 4) is 5.75 Å². The predicted octanol–water partition coefficient (Wildman–Crippen LogP) is 4.02. The summed E-state index contributed by atoms with van der Waals surface area (Å²) in [5.41, 5.74) is 2.23. The third-order valence-electron chi connectivity index (χ3n) is 2.69. The molecule has 0 bridgehead atoms. The molecule has 0 atom stereocenters. The summed E-state index contributed by atoms with van der Waals surface area (Å²) in [7, 11) is 0. The van der Waals surface area contributed by atoms with Gasteiger partial charge in [0.25, 0.3) is 0 Å². The smallest absolute Gasteiger partial charge is 0.135 e. The van der Waals surface area contributed by atoms with Gasteiger partial charge in [-0.05, 0) is 25.0 Å². The number of halogens is 2. The number of rotatable bonds is 4. The quantitative estimate of drug-likeness (QED) is 0.799. The highest BCUT2D eigenvalue weighted by Gasteiger charge is 2.05. The summed E-state index contributed by atoms with van der Waals surface area (Å²) in [5.74, 6) is 1.50. The maximum Gasteiger partial charge on any atom is 0.135 e. The first-order valence-electron chi connectivity index (χ1n) is 5.94. The van der Waals surface area contributed by atoms with Gasteiger partial charge in [0, 0.05) is 12.5 Å². The Balaban J connectivity index is 2.00. The Bertz CT molecular complexity index is 547. The lowest BCUT2D eigenvalue weighted by molar-refractivity contribution is 0.314. The van der Waals surface area contributed by atoms with E-state index in [1.165, 1.54) is 6.07 Å². The van der Waals surface area contributed by atoms with Crippen LogP contribution in [-0.4, -0.2) is 16.6 Å². The van der Waals surface area contributed by atoms with Gasteiger partial charge in [-0.1, -0.05) is 41.4 Å². The molecule has 1 heterocycles. The average molecular weight is 297 g/mol. The molecule has 0 aliphatic rings. The molecule has 1 aromatic carbocycles. The number of hydrogen-bond donors (Lipinski definition) is 0. The molecule has 0 saturated heterocycles. The summed E-state index contributed by atoms with van der Waals surface area (Å²) in [6.07, 6.45) is 0.564. The molecule has 0 fully saturated rings. The van der Waals surface area contributed by atoms with E-state index in [-0.39, 0.29) is 0 Å². The Labute approximate surface area is 122 Å². The fourth-order valence-electron chi connectivity index (χ4n) is 1.82. The van der Waals surface area contributed by atoms with E-state index >= 15 is 0 Å². The SMILES string of the molecule is Cc1cccc(C)c1OCCc1nc(Cl)cc(Cl)n1. The van der Waals surface area contributed by atoms with Crippen molar-refractivity contribution in [3.63, 3.8) is 0 Å². The molecule has 0 unspecified atom stereocenters. The predicted molar refractivity (Wildman–Crippen MR) is 77.2 cm³/mol. The molecule has 0 saturated carbocycles. The molecule has 0 amide bonds. The lowest BCUT2D eigenvalue weighted by Crippen LogP contribution is -2.06. The highest BCUT2D eigenvalue weighted by molar-refractivity contribution is 6.33. The van der Waals surface area contributed by atoms with Gasteiger partial charge < -0.3 is 4.74 Å². The van der Waals surface area contributed by atoms with Gasteiger partial charge in [0.05, 0.1) is 6.61 Å². The van der Waals surface area contributed by atoms with Crippen LogP contribution in [0.4, 0.5) is 0 Å². The molecule has 2 aromatic rings. The van der Waals surface area contributed by atoms with Crippen LogP contribution in [0.1, 0.15) is 17.0 Å². The van der Waals surface area contributed by atoms with Crippen molar-refractivity contribution in [1.29, 1.82) is 0 Å². The zero-order chi connectivity index (χ0) is 13.8. The monoisotopic (exact) mass is 296 g/mol. The summed E-state index contributed by atoms with van der Waals surface area (Å²) >= 11 is 11.6. The first-order chi connectivity index (χ1) is 9.06. The van der Waals surface area contributed by atoms with Crippen LogP contribution in [0.15, 0.2) is 24.3 Å². The Hall–Kier alpha value is -1.32. The fourth-order valence-corrected chi connectivity index (χ4v) is 2.28. The van der Waals surface area contributed by atoms with E-state index < -0.39 is 0 Å². The van der Waals surface area contributed by atoms with Crippen LogP contribution >= 0.6 is 23.2 Å². The van der Waals surface area contributed by atoms with Crippen LogP contribution in [0.3, 0.4) is 0 Å². The Morgan fingerprint density at radius 2 is 1.63 bits per heavy atom. The second-order valence-corrected chi connectivity index (χ2v) is 5.02. The number of ether oxygens (including phenoxy) is 1. The number of aromatic nitrogens is 2. The van der Waals surface area contributed by atoms with Gasteiger partial charge >= 0.3 is 0 Å². The zero-order valence-corrected chi connectivity index (χ0v) is 12.3. The summed E-state index contributed by atoms with van der Waals surface area (Å²) in [4.78, 5) is 8.20. The number of hydrogen-bond acceptors (Lipinski definition) is 3. The molecule has 19 heavy (non-hydrogen) atoms. The molecule has 3 nitrogen and oxygen atoms in total. The molecule has 0 aliphatic carbocycles. The normalized spacial score (nSPS) is 10.5. The van der Waals surface area contributed by atoms with Gasteiger partial charge in [0.15, 0.2) is 0 Å². The highest BCUT2D eigenvalue weighted by atomic mass is 35.5. The van der Waals surface area contributed by atoms with Gasteiger partial charge in [-0.25, -0.2) is 9.97 Å². The Kier molecular flexibility index (Phi) is 4.61. The number of nitrogens with zero attached hydrogens (tertiary/aromatic N) is 2. The topological polar surface area (TPSA) is 35.0 Å². The van der Waals surface area contributed by atoms with Crippen LogP contribution in [-0.2, 0) is 6.42 Å². The molecule has 0 radical (unpaired) electrons. The van der Waals surface area contributed by atoms with Gasteiger partial charge in [-0.15, -0.1) is 0 Å². The van der Waals surface area contributed by atoms with Gasteiger partial charge in [0.2, 0.25) is 0 Å². The van der Waals surface area contributed by atoms with E-state index in [0.717, 1.165) is 16.9 Å². The van der Waals surface area contributed by atoms with Crippen molar-refractivity contribution < 1.29 is 4.74 Å². The Morgan fingerprint density at radius 1 is 1.05 bits per heavy atom. The van der Waals surface area contributed by atoms with Gasteiger partial charge in [-0.3, -0.25) is 0 Å². The average Bonchev–Trinajstić information content (AvgIpc) is 2.32. The molecule has 5 heteroatoms. The molecular formula is C14H14Cl2N2O. The third kappa shape index (κ3) is 3.82. The minimum atomic E-state index is 0.349. The van der Waals surface area contributed by atoms with E-state index in [2.05, 4.69) is 9.97 Å². The lowest BCUT2D eigenvalue weighted by atomic mass is 10.1. The molecule has 0 spiro atoms. The van der Waals surface area contributed by atoms with Crippen molar-refractivity contribution in [3.05, 3.63) is 51.5 Å². The maximum atomic E-state index is 5.82. The van der Waals surface area contributed by atoms with Crippen LogP contribution in [0, 0.1) is 13.8 Å². The summed E-state index contributed by atoms with van der Waals surface area (Å²) < 4.78 is 5.79. The summed E-state index contributed by atoms with van der Waals surface area (Å²) in [6.45, 7) is 4.53. The number of aryl methyl sites for hydroxylation is 2. The molecular weight excluding hydrogens is 283 g/mol. The second-order valence-electron chi connectivity index (χ2n) is 4.25. The van der Waals surface area contributed by atoms with Crippen LogP contribution in [0.5, 0.6) is 5.75 Å². The minimum absolute atomic E-state index is 0.349. The standard InChI is InChI=1S/C14H14Cl2N2O/c1-9-4-3-5-10(2)14(9)19-7-6-13-17-11(15)8-12(16)18-13/h3-5,8H,6-7H2,1-2H3. The Morgan fingerprint density at radius 3 is 2.21 bits per heavy atom. The molecule has 0 aliphatic heterocycles. The largest absolute Gasteiger partial charge is 0.493 e. The van der Waals surface area contributed by atoms with E-state index in [1.54, 1.807) is 0 Å². The zero-order valence-electron chi connectivity index (χ0n) is 10.8. The maximum absolute atomic E-state index is 5.82. The fraction of sp³-hybridized carbons (Fsp3) is 0.286. The summed E-state index contributed by atoms with van der Waals surface area (Å²) in [6, 6.07) is 7.57. The van der Waals surface area contributed by atoms with E-state index in [9.17, 15) is 0 Å². The minimum Gasteiger partial charge on any atom is -0.493 e. The number of benzene rings is 1. The highest BCUT2D eigenvalue weighted by Crippen LogP contribution is 2.22. The second kappa shape index (κ2) is 6.22. The molecule has 0 N–H and O–H groups in total. The van der Waals surface area contributed by atoms with Crippen molar-refractivity contribution in [2.24, 2.45) is 0 Å². The van der Waals surface area contributed by atoms with Gasteiger partial charge in [-0.2, -0.15) is 0 Å². The van der Waals surface area contributed by atoms with E-state index in [0.29, 0.717) is 29.2 Å². The van der Waals surface area contributed by atoms with Crippen molar-refractivity contribution in [1.82, 2.24) is 9.97 Å². The van der Waals surface area contributed by atoms with Crippen LogP contribution < -0.4 is 4.74 Å². The van der Waals surface area contributed by atoms with Crippen LogP contribution in [0.2, 0.25) is 10.3 Å². The van der Waals surface area contributed by atoms with Crippen molar-refractivity contribution >= 4 is 23.2 Å².